The monoisotopic (exact) mass is 245 g/mol. The van der Waals surface area contributed by atoms with Crippen molar-refractivity contribution in [2.45, 2.75) is 13.0 Å². The highest BCUT2D eigenvalue weighted by Crippen LogP contribution is 2.30. The van der Waals surface area contributed by atoms with Gasteiger partial charge in [0, 0.05) is 6.04 Å². The summed E-state index contributed by atoms with van der Waals surface area (Å²) in [6, 6.07) is 12.6. The number of benzene rings is 2. The van der Waals surface area contributed by atoms with Crippen molar-refractivity contribution in [2.75, 3.05) is 7.11 Å². The Labute approximate surface area is 106 Å². The summed E-state index contributed by atoms with van der Waals surface area (Å²) in [4.78, 5) is 0. The number of ether oxygens (including phenoxy) is 1. The average molecular weight is 245 g/mol. The van der Waals surface area contributed by atoms with Crippen molar-refractivity contribution in [3.8, 4) is 16.9 Å². The maximum Gasteiger partial charge on any atom is 0.165 e. The maximum absolute atomic E-state index is 13.7. The predicted octanol–water partition coefficient (Wildman–Crippen LogP) is 3.52. The fourth-order valence-corrected chi connectivity index (χ4v) is 1.99. The van der Waals surface area contributed by atoms with Crippen molar-refractivity contribution in [3.63, 3.8) is 0 Å². The largest absolute Gasteiger partial charge is 0.494 e. The lowest BCUT2D eigenvalue weighted by molar-refractivity contribution is 0.386. The molecule has 0 amide bonds. The summed E-state index contributed by atoms with van der Waals surface area (Å²) < 4.78 is 18.6. The van der Waals surface area contributed by atoms with Gasteiger partial charge in [0.2, 0.25) is 0 Å². The third kappa shape index (κ3) is 2.36. The second-order valence-corrected chi connectivity index (χ2v) is 4.23. The number of nitrogens with two attached hydrogens (primary N) is 1. The first-order valence-electron chi connectivity index (χ1n) is 5.82. The van der Waals surface area contributed by atoms with E-state index in [1.54, 1.807) is 6.07 Å². The summed E-state index contributed by atoms with van der Waals surface area (Å²) in [7, 11) is 1.45. The normalized spacial score (nSPS) is 12.2. The van der Waals surface area contributed by atoms with Gasteiger partial charge in [0.05, 0.1) is 7.11 Å². The molecule has 0 radical (unpaired) electrons. The van der Waals surface area contributed by atoms with Gasteiger partial charge >= 0.3 is 0 Å². The van der Waals surface area contributed by atoms with E-state index in [4.69, 9.17) is 10.5 Å². The van der Waals surface area contributed by atoms with Crippen LogP contribution >= 0.6 is 0 Å². The van der Waals surface area contributed by atoms with Gasteiger partial charge in [-0.3, -0.25) is 0 Å². The van der Waals surface area contributed by atoms with Gasteiger partial charge in [-0.2, -0.15) is 0 Å². The van der Waals surface area contributed by atoms with Gasteiger partial charge < -0.3 is 10.5 Å². The Bertz CT molecular complexity index is 552. The maximum atomic E-state index is 13.7. The molecule has 0 bridgehead atoms. The zero-order valence-electron chi connectivity index (χ0n) is 10.5. The lowest BCUT2D eigenvalue weighted by Crippen LogP contribution is -2.06. The second kappa shape index (κ2) is 5.19. The van der Waals surface area contributed by atoms with Crippen LogP contribution in [-0.4, -0.2) is 7.11 Å². The summed E-state index contributed by atoms with van der Waals surface area (Å²) in [5.41, 5.74) is 8.69. The van der Waals surface area contributed by atoms with Crippen LogP contribution in [0.2, 0.25) is 0 Å². The Kier molecular flexibility index (Phi) is 3.63. The third-order valence-electron chi connectivity index (χ3n) is 2.91. The van der Waals surface area contributed by atoms with Crippen LogP contribution in [0.5, 0.6) is 5.75 Å². The molecule has 94 valence electrons. The average Bonchev–Trinajstić information content (AvgIpc) is 2.38. The number of rotatable bonds is 3. The minimum absolute atomic E-state index is 0.0913. The molecule has 0 aliphatic heterocycles. The van der Waals surface area contributed by atoms with Gasteiger partial charge in [-0.1, -0.05) is 30.3 Å². The van der Waals surface area contributed by atoms with Crippen molar-refractivity contribution in [3.05, 3.63) is 53.8 Å². The molecule has 2 rings (SSSR count). The van der Waals surface area contributed by atoms with Gasteiger partial charge in [-0.15, -0.1) is 0 Å². The number of hydrogen-bond acceptors (Lipinski definition) is 2. The fourth-order valence-electron chi connectivity index (χ4n) is 1.99. The molecule has 0 saturated carbocycles. The van der Waals surface area contributed by atoms with Crippen LogP contribution in [0.4, 0.5) is 4.39 Å². The van der Waals surface area contributed by atoms with E-state index in [0.29, 0.717) is 0 Å². The van der Waals surface area contributed by atoms with Crippen molar-refractivity contribution >= 4 is 0 Å². The molecular weight excluding hydrogens is 229 g/mol. The zero-order valence-corrected chi connectivity index (χ0v) is 10.5. The van der Waals surface area contributed by atoms with Crippen molar-refractivity contribution in [1.82, 2.24) is 0 Å². The quantitative estimate of drug-likeness (QED) is 0.898. The standard InChI is InChI=1S/C15H16FNO/c1-10(17)12-5-3-4-6-13(12)11-7-8-15(18-2)14(16)9-11/h3-10H,17H2,1-2H3. The molecule has 1 unspecified atom stereocenters. The molecule has 2 aromatic rings. The Hall–Kier alpha value is -1.87. The van der Waals surface area contributed by atoms with E-state index >= 15 is 0 Å². The number of halogens is 1. The highest BCUT2D eigenvalue weighted by molar-refractivity contribution is 5.68. The molecule has 0 aliphatic rings. The van der Waals surface area contributed by atoms with E-state index in [9.17, 15) is 4.39 Å². The molecule has 0 spiro atoms. The van der Waals surface area contributed by atoms with Gasteiger partial charge in [-0.25, -0.2) is 4.39 Å². The SMILES string of the molecule is COc1ccc(-c2ccccc2C(C)N)cc1F. The van der Waals surface area contributed by atoms with E-state index < -0.39 is 0 Å². The molecular formula is C15H16FNO. The van der Waals surface area contributed by atoms with Crippen LogP contribution in [0.1, 0.15) is 18.5 Å². The first-order chi connectivity index (χ1) is 8.63. The lowest BCUT2D eigenvalue weighted by Gasteiger charge is -2.13. The lowest BCUT2D eigenvalue weighted by atomic mass is 9.96. The topological polar surface area (TPSA) is 35.2 Å². The first kappa shape index (κ1) is 12.6. The van der Waals surface area contributed by atoms with E-state index in [1.807, 2.05) is 37.3 Å². The number of methoxy groups -OCH3 is 1. The highest BCUT2D eigenvalue weighted by Gasteiger charge is 2.10. The molecule has 0 saturated heterocycles. The summed E-state index contributed by atoms with van der Waals surface area (Å²) >= 11 is 0. The molecule has 2 aromatic carbocycles. The Balaban J connectivity index is 2.52. The van der Waals surface area contributed by atoms with Crippen molar-refractivity contribution in [1.29, 1.82) is 0 Å². The smallest absolute Gasteiger partial charge is 0.165 e. The summed E-state index contributed by atoms with van der Waals surface area (Å²) in [5.74, 6) is -0.119. The Morgan fingerprint density at radius 3 is 2.50 bits per heavy atom. The van der Waals surface area contributed by atoms with Crippen molar-refractivity contribution < 1.29 is 9.13 Å². The molecule has 0 aliphatic carbocycles. The van der Waals surface area contributed by atoms with E-state index in [0.717, 1.165) is 16.7 Å². The zero-order chi connectivity index (χ0) is 13.1. The highest BCUT2D eigenvalue weighted by atomic mass is 19.1. The molecule has 18 heavy (non-hydrogen) atoms. The molecule has 2 nitrogen and oxygen atoms in total. The van der Waals surface area contributed by atoms with Crippen LogP contribution in [0.3, 0.4) is 0 Å². The van der Waals surface area contributed by atoms with Crippen LogP contribution in [0.15, 0.2) is 42.5 Å². The van der Waals surface area contributed by atoms with E-state index in [-0.39, 0.29) is 17.6 Å². The predicted molar refractivity (Wildman–Crippen MR) is 71.0 cm³/mol. The minimum Gasteiger partial charge on any atom is -0.494 e. The summed E-state index contributed by atoms with van der Waals surface area (Å²) in [6.45, 7) is 1.92. The summed E-state index contributed by atoms with van der Waals surface area (Å²) in [6.07, 6.45) is 0. The fraction of sp³-hybridized carbons (Fsp3) is 0.200. The number of hydrogen-bond donors (Lipinski definition) is 1. The minimum atomic E-state index is -0.366. The van der Waals surface area contributed by atoms with Crippen LogP contribution in [0.25, 0.3) is 11.1 Å². The van der Waals surface area contributed by atoms with Crippen molar-refractivity contribution in [2.24, 2.45) is 5.73 Å². The summed E-state index contributed by atoms with van der Waals surface area (Å²) in [5, 5.41) is 0. The van der Waals surface area contributed by atoms with E-state index in [2.05, 4.69) is 0 Å². The molecule has 2 N–H and O–H groups in total. The van der Waals surface area contributed by atoms with E-state index in [1.165, 1.54) is 13.2 Å². The van der Waals surface area contributed by atoms with Gasteiger partial charge in [0.1, 0.15) is 0 Å². The third-order valence-corrected chi connectivity index (χ3v) is 2.91. The van der Waals surface area contributed by atoms with Gasteiger partial charge in [0.25, 0.3) is 0 Å². The molecule has 0 heterocycles. The molecule has 1 atom stereocenters. The molecule has 3 heteroatoms. The first-order valence-corrected chi connectivity index (χ1v) is 5.82. The molecule has 0 aromatic heterocycles. The van der Waals surface area contributed by atoms with Crippen LogP contribution in [0, 0.1) is 5.82 Å². The van der Waals surface area contributed by atoms with Gasteiger partial charge in [-0.05, 0) is 35.7 Å². The van der Waals surface area contributed by atoms with Gasteiger partial charge in [0.15, 0.2) is 11.6 Å². The Morgan fingerprint density at radius 1 is 1.17 bits per heavy atom. The second-order valence-electron chi connectivity index (χ2n) is 4.23. The molecule has 0 fully saturated rings. The van der Waals surface area contributed by atoms with Crippen LogP contribution < -0.4 is 10.5 Å². The Morgan fingerprint density at radius 2 is 1.89 bits per heavy atom. The van der Waals surface area contributed by atoms with Crippen LogP contribution in [-0.2, 0) is 0 Å².